The molecule has 1 N–H and O–H groups in total. The van der Waals surface area contributed by atoms with Gasteiger partial charge in [-0.05, 0) is 49.9 Å². The largest absolute Gasteiger partial charge is 0.480 e. The maximum absolute atomic E-state index is 12.3. The van der Waals surface area contributed by atoms with Crippen molar-refractivity contribution in [2.45, 2.75) is 45.8 Å². The Morgan fingerprint density at radius 2 is 2.10 bits per heavy atom. The lowest BCUT2D eigenvalue weighted by molar-refractivity contribution is -0.136. The van der Waals surface area contributed by atoms with E-state index in [-0.39, 0.29) is 5.91 Å². The second-order valence-electron chi connectivity index (χ2n) is 5.75. The zero-order valence-electron chi connectivity index (χ0n) is 12.6. The van der Waals surface area contributed by atoms with E-state index in [2.05, 4.69) is 13.0 Å². The average molecular weight is 277 g/mol. The third-order valence-corrected chi connectivity index (χ3v) is 3.89. The number of aliphatic hydroxyl groups is 1. The molecule has 0 saturated heterocycles. The number of rotatable bonds is 4. The molecular weight excluding hydrogens is 254 g/mol. The average Bonchev–Trinajstić information content (AvgIpc) is 2.78. The molecule has 1 aromatic carbocycles. The Morgan fingerprint density at radius 3 is 2.75 bits per heavy atom. The number of likely N-dealkylation sites (N-methyl/N-ethyl adjacent to an activating group) is 1. The van der Waals surface area contributed by atoms with Gasteiger partial charge in [-0.2, -0.15) is 0 Å². The summed E-state index contributed by atoms with van der Waals surface area (Å²) < 4.78 is 5.78. The van der Waals surface area contributed by atoms with Crippen LogP contribution in [0.15, 0.2) is 12.1 Å². The Hall–Kier alpha value is -1.55. The molecule has 4 nitrogen and oxygen atoms in total. The quantitative estimate of drug-likeness (QED) is 0.913. The highest BCUT2D eigenvalue weighted by Crippen LogP contribution is 2.32. The Bertz CT molecular complexity index is 480. The predicted molar refractivity (Wildman–Crippen MR) is 78.0 cm³/mol. The van der Waals surface area contributed by atoms with E-state index < -0.39 is 12.2 Å². The Kier molecular flexibility index (Phi) is 4.33. The van der Waals surface area contributed by atoms with Crippen molar-refractivity contribution in [2.75, 3.05) is 13.6 Å². The SMILES string of the molecule is Cc1cc2c(cc1C)OC(C(=O)N(C)CCC(C)O)C2. The normalized spacial score (nSPS) is 18.4. The van der Waals surface area contributed by atoms with E-state index in [1.807, 2.05) is 13.0 Å². The highest BCUT2D eigenvalue weighted by atomic mass is 16.5. The van der Waals surface area contributed by atoms with E-state index >= 15 is 0 Å². The number of hydrogen-bond donors (Lipinski definition) is 1. The summed E-state index contributed by atoms with van der Waals surface area (Å²) in [5, 5.41) is 9.28. The molecule has 110 valence electrons. The van der Waals surface area contributed by atoms with Crippen LogP contribution in [0.4, 0.5) is 0 Å². The number of aryl methyl sites for hydroxylation is 2. The van der Waals surface area contributed by atoms with Crippen LogP contribution in [-0.2, 0) is 11.2 Å². The molecule has 1 amide bonds. The zero-order chi connectivity index (χ0) is 14.9. The van der Waals surface area contributed by atoms with Crippen LogP contribution in [0.25, 0.3) is 0 Å². The molecule has 0 spiro atoms. The van der Waals surface area contributed by atoms with Gasteiger partial charge in [-0.3, -0.25) is 4.79 Å². The summed E-state index contributed by atoms with van der Waals surface area (Å²) in [7, 11) is 1.76. The molecule has 0 saturated carbocycles. The maximum atomic E-state index is 12.3. The minimum atomic E-state index is -0.426. The monoisotopic (exact) mass is 277 g/mol. The van der Waals surface area contributed by atoms with Gasteiger partial charge >= 0.3 is 0 Å². The van der Waals surface area contributed by atoms with Gasteiger partial charge in [0.2, 0.25) is 0 Å². The van der Waals surface area contributed by atoms with Gasteiger partial charge in [0.1, 0.15) is 5.75 Å². The van der Waals surface area contributed by atoms with Gasteiger partial charge < -0.3 is 14.7 Å². The summed E-state index contributed by atoms with van der Waals surface area (Å²) in [5.74, 6) is 0.813. The molecule has 0 aromatic heterocycles. The van der Waals surface area contributed by atoms with Crippen LogP contribution in [-0.4, -0.2) is 41.7 Å². The lowest BCUT2D eigenvalue weighted by Gasteiger charge is -2.21. The van der Waals surface area contributed by atoms with Crippen molar-refractivity contribution in [3.05, 3.63) is 28.8 Å². The molecule has 1 aliphatic heterocycles. The molecular formula is C16H23NO3. The fourth-order valence-electron chi connectivity index (χ4n) is 2.39. The summed E-state index contributed by atoms with van der Waals surface area (Å²) >= 11 is 0. The van der Waals surface area contributed by atoms with E-state index in [9.17, 15) is 9.90 Å². The Balaban J connectivity index is 2.01. The van der Waals surface area contributed by atoms with E-state index in [1.165, 1.54) is 11.1 Å². The molecule has 1 heterocycles. The minimum Gasteiger partial charge on any atom is -0.480 e. The van der Waals surface area contributed by atoms with Crippen molar-refractivity contribution in [1.82, 2.24) is 4.90 Å². The highest BCUT2D eigenvalue weighted by Gasteiger charge is 2.31. The number of fused-ring (bicyclic) bond motifs is 1. The number of benzene rings is 1. The summed E-state index contributed by atoms with van der Waals surface area (Å²) in [4.78, 5) is 14.0. The highest BCUT2D eigenvalue weighted by molar-refractivity contribution is 5.82. The number of amides is 1. The lowest BCUT2D eigenvalue weighted by Crippen LogP contribution is -2.40. The maximum Gasteiger partial charge on any atom is 0.263 e. The molecule has 0 fully saturated rings. The van der Waals surface area contributed by atoms with Gasteiger partial charge in [0.05, 0.1) is 6.10 Å². The number of hydrogen-bond acceptors (Lipinski definition) is 3. The summed E-state index contributed by atoms with van der Waals surface area (Å²) in [6, 6.07) is 4.11. The molecule has 4 heteroatoms. The van der Waals surface area contributed by atoms with Crippen molar-refractivity contribution >= 4 is 5.91 Å². The van der Waals surface area contributed by atoms with Crippen molar-refractivity contribution < 1.29 is 14.6 Å². The Labute approximate surface area is 120 Å². The Morgan fingerprint density at radius 1 is 1.45 bits per heavy atom. The molecule has 2 rings (SSSR count). The van der Waals surface area contributed by atoms with Crippen LogP contribution >= 0.6 is 0 Å². The van der Waals surface area contributed by atoms with Crippen molar-refractivity contribution in [3.63, 3.8) is 0 Å². The van der Waals surface area contributed by atoms with E-state index in [0.29, 0.717) is 19.4 Å². The van der Waals surface area contributed by atoms with Gasteiger partial charge in [-0.15, -0.1) is 0 Å². The standard InChI is InChI=1S/C16H23NO3/c1-10-7-13-9-15(20-14(13)8-11(10)2)16(19)17(4)6-5-12(3)18/h7-8,12,15,18H,5-6,9H2,1-4H3. The first-order chi connectivity index (χ1) is 9.38. The van der Waals surface area contributed by atoms with Gasteiger partial charge in [-0.25, -0.2) is 0 Å². The third-order valence-electron chi connectivity index (χ3n) is 3.89. The molecule has 20 heavy (non-hydrogen) atoms. The van der Waals surface area contributed by atoms with Crippen LogP contribution in [0.5, 0.6) is 5.75 Å². The summed E-state index contributed by atoms with van der Waals surface area (Å²) in [6.07, 6.45) is 0.400. The smallest absolute Gasteiger partial charge is 0.263 e. The predicted octanol–water partition coefficient (Wildman–Crippen LogP) is 1.84. The van der Waals surface area contributed by atoms with Gasteiger partial charge in [-0.1, -0.05) is 6.07 Å². The molecule has 1 aliphatic rings. The van der Waals surface area contributed by atoms with Gasteiger partial charge in [0.25, 0.3) is 5.91 Å². The summed E-state index contributed by atoms with van der Waals surface area (Å²) in [6.45, 7) is 6.39. The van der Waals surface area contributed by atoms with E-state index in [4.69, 9.17) is 4.74 Å². The fraction of sp³-hybridized carbons (Fsp3) is 0.562. The lowest BCUT2D eigenvalue weighted by atomic mass is 10.0. The van der Waals surface area contributed by atoms with E-state index in [1.54, 1.807) is 18.9 Å². The molecule has 2 unspecified atom stereocenters. The zero-order valence-corrected chi connectivity index (χ0v) is 12.6. The topological polar surface area (TPSA) is 49.8 Å². The molecule has 0 bridgehead atoms. The first-order valence-electron chi connectivity index (χ1n) is 7.08. The van der Waals surface area contributed by atoms with Crippen molar-refractivity contribution in [2.24, 2.45) is 0 Å². The van der Waals surface area contributed by atoms with Gasteiger partial charge in [0.15, 0.2) is 6.10 Å². The third kappa shape index (κ3) is 3.12. The first kappa shape index (κ1) is 14.9. The molecule has 1 aromatic rings. The van der Waals surface area contributed by atoms with Crippen LogP contribution in [0.2, 0.25) is 0 Å². The first-order valence-corrected chi connectivity index (χ1v) is 7.08. The molecule has 2 atom stereocenters. The van der Waals surface area contributed by atoms with Crippen LogP contribution in [0.1, 0.15) is 30.0 Å². The fourth-order valence-corrected chi connectivity index (χ4v) is 2.39. The second-order valence-corrected chi connectivity index (χ2v) is 5.75. The number of ether oxygens (including phenoxy) is 1. The van der Waals surface area contributed by atoms with Gasteiger partial charge in [0, 0.05) is 20.0 Å². The van der Waals surface area contributed by atoms with E-state index in [0.717, 1.165) is 11.3 Å². The van der Waals surface area contributed by atoms with Crippen LogP contribution in [0, 0.1) is 13.8 Å². The second kappa shape index (κ2) is 5.83. The summed E-state index contributed by atoms with van der Waals surface area (Å²) in [5.41, 5.74) is 3.51. The minimum absolute atomic E-state index is 0.0165. The molecule has 0 aliphatic carbocycles. The van der Waals surface area contributed by atoms with Crippen molar-refractivity contribution in [3.8, 4) is 5.75 Å². The van der Waals surface area contributed by atoms with Crippen LogP contribution in [0.3, 0.4) is 0 Å². The number of nitrogens with zero attached hydrogens (tertiary/aromatic N) is 1. The van der Waals surface area contributed by atoms with Crippen LogP contribution < -0.4 is 4.74 Å². The van der Waals surface area contributed by atoms with Crippen molar-refractivity contribution in [1.29, 1.82) is 0 Å². The molecule has 0 radical (unpaired) electrons. The number of carbonyl (C=O) groups excluding carboxylic acids is 1. The number of aliphatic hydroxyl groups excluding tert-OH is 1. The number of carbonyl (C=O) groups is 1.